The van der Waals surface area contributed by atoms with Crippen molar-refractivity contribution < 1.29 is 9.53 Å². The molecule has 9 heteroatoms. The van der Waals surface area contributed by atoms with E-state index in [0.717, 1.165) is 65.5 Å². The molecule has 0 radical (unpaired) electrons. The molecule has 0 bridgehead atoms. The number of rotatable bonds is 7. The van der Waals surface area contributed by atoms with Crippen molar-refractivity contribution in [3.05, 3.63) is 67.0 Å². The van der Waals surface area contributed by atoms with E-state index >= 15 is 0 Å². The molecule has 1 aliphatic rings. The van der Waals surface area contributed by atoms with Crippen LogP contribution < -0.4 is 20.3 Å². The Hall–Kier alpha value is -4.24. The average Bonchev–Trinajstić information content (AvgIpc) is 2.93. The highest BCUT2D eigenvalue weighted by molar-refractivity contribution is 6.05. The standard InChI is InChI=1S/C27H29N7O2/c1-28-27-30-10-8-23(32-27)20-15-19-6-7-21(36-2)17-22(19)24(16-20)31-26(35)18-33-11-13-34(14-12-33)25-5-3-4-9-29-25/h3-10,15-17H,11-14,18H2,1-2H3,(H,31,35)(H,28,30,32). The van der Waals surface area contributed by atoms with Gasteiger partial charge in [-0.15, -0.1) is 0 Å². The molecule has 3 heterocycles. The molecular weight excluding hydrogens is 454 g/mol. The predicted molar refractivity (Wildman–Crippen MR) is 143 cm³/mol. The van der Waals surface area contributed by atoms with E-state index in [9.17, 15) is 4.79 Å². The van der Waals surface area contributed by atoms with Gasteiger partial charge in [0.05, 0.1) is 19.3 Å². The number of pyridine rings is 1. The van der Waals surface area contributed by atoms with Gasteiger partial charge in [-0.05, 0) is 47.9 Å². The van der Waals surface area contributed by atoms with Crippen molar-refractivity contribution in [2.45, 2.75) is 0 Å². The number of nitrogens with one attached hydrogen (secondary N) is 2. The van der Waals surface area contributed by atoms with Crippen molar-refractivity contribution in [3.8, 4) is 17.0 Å². The molecule has 0 saturated carbocycles. The van der Waals surface area contributed by atoms with Crippen LogP contribution in [0.15, 0.2) is 67.0 Å². The number of aromatic nitrogens is 3. The number of carbonyl (C=O) groups excluding carboxylic acids is 1. The lowest BCUT2D eigenvalue weighted by molar-refractivity contribution is -0.117. The second kappa shape index (κ2) is 10.6. The Morgan fingerprint density at radius 2 is 1.86 bits per heavy atom. The maximum absolute atomic E-state index is 13.1. The highest BCUT2D eigenvalue weighted by Gasteiger charge is 2.20. The number of fused-ring (bicyclic) bond motifs is 1. The SMILES string of the molecule is CNc1nccc(-c2cc(NC(=O)CN3CCN(c4ccccn4)CC3)c3cc(OC)ccc3c2)n1. The molecule has 0 atom stereocenters. The van der Waals surface area contributed by atoms with Crippen molar-refractivity contribution >= 4 is 34.1 Å². The topological polar surface area (TPSA) is 95.5 Å². The van der Waals surface area contributed by atoms with Crippen LogP contribution in [-0.2, 0) is 4.79 Å². The number of hydrogen-bond donors (Lipinski definition) is 2. The second-order valence-electron chi connectivity index (χ2n) is 8.63. The van der Waals surface area contributed by atoms with Gasteiger partial charge in [-0.3, -0.25) is 9.69 Å². The molecule has 1 saturated heterocycles. The molecule has 5 rings (SSSR count). The third kappa shape index (κ3) is 5.21. The Balaban J connectivity index is 1.35. The number of amides is 1. The van der Waals surface area contributed by atoms with Gasteiger partial charge in [0.1, 0.15) is 11.6 Å². The largest absolute Gasteiger partial charge is 0.497 e. The number of piperazine rings is 1. The van der Waals surface area contributed by atoms with E-state index in [1.807, 2.05) is 54.7 Å². The van der Waals surface area contributed by atoms with Crippen LogP contribution in [0, 0.1) is 0 Å². The van der Waals surface area contributed by atoms with Crippen molar-refractivity contribution in [3.63, 3.8) is 0 Å². The molecule has 1 aliphatic heterocycles. The van der Waals surface area contributed by atoms with E-state index in [1.54, 1.807) is 20.4 Å². The van der Waals surface area contributed by atoms with Gasteiger partial charge in [0.15, 0.2) is 0 Å². The Morgan fingerprint density at radius 3 is 2.61 bits per heavy atom. The molecule has 4 aromatic rings. The molecule has 0 spiro atoms. The fourth-order valence-corrected chi connectivity index (χ4v) is 4.42. The van der Waals surface area contributed by atoms with Crippen molar-refractivity contribution in [2.24, 2.45) is 0 Å². The summed E-state index contributed by atoms with van der Waals surface area (Å²) in [4.78, 5) is 30.8. The molecule has 1 amide bonds. The smallest absolute Gasteiger partial charge is 0.238 e. The van der Waals surface area contributed by atoms with E-state index in [-0.39, 0.29) is 5.91 Å². The lowest BCUT2D eigenvalue weighted by Gasteiger charge is -2.35. The molecule has 0 aliphatic carbocycles. The van der Waals surface area contributed by atoms with Gasteiger partial charge in [-0.1, -0.05) is 12.1 Å². The highest BCUT2D eigenvalue weighted by atomic mass is 16.5. The van der Waals surface area contributed by atoms with Crippen LogP contribution >= 0.6 is 0 Å². The van der Waals surface area contributed by atoms with E-state index in [2.05, 4.69) is 41.5 Å². The Kier molecular flexibility index (Phi) is 6.90. The van der Waals surface area contributed by atoms with E-state index < -0.39 is 0 Å². The van der Waals surface area contributed by atoms with Gasteiger partial charge in [0, 0.05) is 62.3 Å². The number of nitrogens with zero attached hydrogens (tertiary/aromatic N) is 5. The zero-order valence-electron chi connectivity index (χ0n) is 20.4. The summed E-state index contributed by atoms with van der Waals surface area (Å²) in [6, 6.07) is 17.7. The van der Waals surface area contributed by atoms with E-state index in [4.69, 9.17) is 4.74 Å². The van der Waals surface area contributed by atoms with Crippen LogP contribution in [0.1, 0.15) is 0 Å². The van der Waals surface area contributed by atoms with E-state index in [0.29, 0.717) is 12.5 Å². The summed E-state index contributed by atoms with van der Waals surface area (Å²) in [7, 11) is 3.42. The first-order valence-corrected chi connectivity index (χ1v) is 11.9. The maximum Gasteiger partial charge on any atom is 0.238 e. The van der Waals surface area contributed by atoms with Crippen molar-refractivity contribution in [2.75, 3.05) is 62.4 Å². The average molecular weight is 484 g/mol. The fraction of sp³-hybridized carbons (Fsp3) is 0.259. The van der Waals surface area contributed by atoms with Crippen LogP contribution in [0.5, 0.6) is 5.75 Å². The number of methoxy groups -OCH3 is 1. The normalized spacial score (nSPS) is 14.0. The highest BCUT2D eigenvalue weighted by Crippen LogP contribution is 2.33. The van der Waals surface area contributed by atoms with Crippen LogP contribution in [0.2, 0.25) is 0 Å². The number of ether oxygens (including phenoxy) is 1. The number of hydrogen-bond acceptors (Lipinski definition) is 8. The summed E-state index contributed by atoms with van der Waals surface area (Å²) in [6.45, 7) is 3.59. The molecule has 2 aromatic carbocycles. The van der Waals surface area contributed by atoms with Gasteiger partial charge in [0.2, 0.25) is 11.9 Å². The molecule has 2 N–H and O–H groups in total. The number of anilines is 3. The molecule has 9 nitrogen and oxygen atoms in total. The number of benzene rings is 2. The summed E-state index contributed by atoms with van der Waals surface area (Å²) in [5.41, 5.74) is 2.39. The third-order valence-corrected chi connectivity index (χ3v) is 6.32. The van der Waals surface area contributed by atoms with Gasteiger partial charge >= 0.3 is 0 Å². The van der Waals surface area contributed by atoms with Crippen LogP contribution in [0.25, 0.3) is 22.0 Å². The molecular formula is C27H29N7O2. The van der Waals surface area contributed by atoms with Crippen molar-refractivity contribution in [1.82, 2.24) is 19.9 Å². The zero-order chi connectivity index (χ0) is 24.9. The van der Waals surface area contributed by atoms with Gasteiger partial charge in [-0.2, -0.15) is 0 Å². The minimum Gasteiger partial charge on any atom is -0.497 e. The molecule has 1 fully saturated rings. The van der Waals surface area contributed by atoms with Crippen LogP contribution in [0.4, 0.5) is 17.5 Å². The third-order valence-electron chi connectivity index (χ3n) is 6.32. The van der Waals surface area contributed by atoms with E-state index in [1.165, 1.54) is 0 Å². The summed E-state index contributed by atoms with van der Waals surface area (Å²) in [5.74, 6) is 2.19. The Labute approximate surface area is 210 Å². The first-order valence-electron chi connectivity index (χ1n) is 11.9. The summed E-state index contributed by atoms with van der Waals surface area (Å²) in [6.07, 6.45) is 3.53. The van der Waals surface area contributed by atoms with Gasteiger partial charge in [0.25, 0.3) is 0 Å². The van der Waals surface area contributed by atoms with Gasteiger partial charge < -0.3 is 20.3 Å². The molecule has 184 valence electrons. The Bertz CT molecular complexity index is 1360. The molecule has 2 aromatic heterocycles. The van der Waals surface area contributed by atoms with Crippen LogP contribution in [0.3, 0.4) is 0 Å². The van der Waals surface area contributed by atoms with Crippen LogP contribution in [-0.4, -0.2) is 72.6 Å². The van der Waals surface area contributed by atoms with Gasteiger partial charge in [-0.25, -0.2) is 15.0 Å². The van der Waals surface area contributed by atoms with Crippen molar-refractivity contribution in [1.29, 1.82) is 0 Å². The number of carbonyl (C=O) groups is 1. The maximum atomic E-state index is 13.1. The molecule has 0 unspecified atom stereocenters. The minimum absolute atomic E-state index is 0.0545. The first-order chi connectivity index (χ1) is 17.6. The Morgan fingerprint density at radius 1 is 1.00 bits per heavy atom. The fourth-order valence-electron chi connectivity index (χ4n) is 4.42. The summed E-state index contributed by atoms with van der Waals surface area (Å²) >= 11 is 0. The lowest BCUT2D eigenvalue weighted by Crippen LogP contribution is -2.48. The lowest BCUT2D eigenvalue weighted by atomic mass is 10.0. The second-order valence-corrected chi connectivity index (χ2v) is 8.63. The quantitative estimate of drug-likeness (QED) is 0.412. The minimum atomic E-state index is -0.0545. The first kappa shape index (κ1) is 23.5. The predicted octanol–water partition coefficient (Wildman–Crippen LogP) is 3.50. The summed E-state index contributed by atoms with van der Waals surface area (Å²) in [5, 5.41) is 8.01. The zero-order valence-corrected chi connectivity index (χ0v) is 20.4. The monoisotopic (exact) mass is 483 g/mol. The summed E-state index contributed by atoms with van der Waals surface area (Å²) < 4.78 is 5.44. The molecule has 36 heavy (non-hydrogen) atoms.